The van der Waals surface area contributed by atoms with Crippen LogP contribution in [0.4, 0.5) is 0 Å². The molecule has 1 aliphatic carbocycles. The molecule has 1 aliphatic heterocycles. The fraction of sp³-hybridized carbons (Fsp3) is 0.480. The van der Waals surface area contributed by atoms with Crippen molar-refractivity contribution < 1.29 is 23.9 Å². The zero-order valence-corrected chi connectivity index (χ0v) is 20.0. The lowest BCUT2D eigenvalue weighted by Gasteiger charge is -2.32. The van der Waals surface area contributed by atoms with E-state index in [4.69, 9.17) is 9.47 Å². The summed E-state index contributed by atoms with van der Waals surface area (Å²) in [5.74, 6) is -0.536. The van der Waals surface area contributed by atoms with Gasteiger partial charge in [-0.05, 0) is 38.7 Å². The van der Waals surface area contributed by atoms with Crippen LogP contribution in [-0.2, 0) is 30.3 Å². The highest BCUT2D eigenvalue weighted by Crippen LogP contribution is 2.33. The van der Waals surface area contributed by atoms with Gasteiger partial charge < -0.3 is 14.4 Å². The van der Waals surface area contributed by atoms with Crippen molar-refractivity contribution in [2.75, 3.05) is 25.5 Å². The van der Waals surface area contributed by atoms with Gasteiger partial charge in [0.05, 0.1) is 25.3 Å². The Morgan fingerprint density at radius 1 is 1.18 bits per heavy atom. The largest absolute Gasteiger partial charge is 0.465 e. The molecule has 178 valence electrons. The number of amides is 1. The van der Waals surface area contributed by atoms with Crippen LogP contribution in [0.5, 0.6) is 0 Å². The molecule has 3 rings (SSSR count). The monoisotopic (exact) mass is 472 g/mol. The fourth-order valence-electron chi connectivity index (χ4n) is 3.99. The van der Waals surface area contributed by atoms with Gasteiger partial charge in [0, 0.05) is 10.7 Å². The third-order valence-electron chi connectivity index (χ3n) is 5.60. The Hall–Kier alpha value is -2.58. The van der Waals surface area contributed by atoms with E-state index in [0.717, 1.165) is 10.5 Å². The molecule has 0 radical (unpaired) electrons. The van der Waals surface area contributed by atoms with E-state index in [-0.39, 0.29) is 37.7 Å². The second-order valence-electron chi connectivity index (χ2n) is 7.88. The van der Waals surface area contributed by atoms with Crippen LogP contribution in [0.1, 0.15) is 32.3 Å². The summed E-state index contributed by atoms with van der Waals surface area (Å²) >= 11 is 1.59. The normalized spacial score (nSPS) is 21.0. The van der Waals surface area contributed by atoms with Crippen LogP contribution in [-0.4, -0.2) is 66.4 Å². The lowest BCUT2D eigenvalue weighted by atomic mass is 10.0. The molecule has 3 atom stereocenters. The molecular weight excluding hydrogens is 440 g/mol. The molecule has 1 heterocycles. The predicted octanol–water partition coefficient (Wildman–Crippen LogP) is 2.86. The lowest BCUT2D eigenvalue weighted by molar-refractivity contribution is -0.151. The molecule has 1 amide bonds. The van der Waals surface area contributed by atoms with Gasteiger partial charge in [-0.15, -0.1) is 11.8 Å². The minimum Gasteiger partial charge on any atom is -0.465 e. The molecule has 3 unspecified atom stereocenters. The Bertz CT molecular complexity index is 886. The first-order valence-electron chi connectivity index (χ1n) is 11.5. The van der Waals surface area contributed by atoms with Crippen LogP contribution in [0, 0.1) is 0 Å². The molecule has 1 aromatic carbocycles. The summed E-state index contributed by atoms with van der Waals surface area (Å²) in [7, 11) is 0. The van der Waals surface area contributed by atoms with E-state index in [2.05, 4.69) is 5.32 Å². The molecule has 0 aromatic heterocycles. The third-order valence-corrected chi connectivity index (χ3v) is 6.84. The molecule has 0 saturated carbocycles. The minimum atomic E-state index is -0.628. The van der Waals surface area contributed by atoms with Gasteiger partial charge in [0.15, 0.2) is 0 Å². The maximum absolute atomic E-state index is 13.6. The summed E-state index contributed by atoms with van der Waals surface area (Å²) in [6.45, 7) is 3.92. The van der Waals surface area contributed by atoms with Gasteiger partial charge in [-0.25, -0.2) is 0 Å². The number of benzene rings is 1. The zero-order valence-electron chi connectivity index (χ0n) is 19.2. The number of thioether (sulfide) groups is 1. The minimum absolute atomic E-state index is 0.116. The van der Waals surface area contributed by atoms with E-state index in [9.17, 15) is 14.4 Å². The number of allylic oxidation sites excluding steroid dienone is 2. The van der Waals surface area contributed by atoms with E-state index in [1.165, 1.54) is 0 Å². The van der Waals surface area contributed by atoms with Crippen LogP contribution >= 0.6 is 11.8 Å². The summed E-state index contributed by atoms with van der Waals surface area (Å²) in [5.41, 5.74) is 1.11. The van der Waals surface area contributed by atoms with Gasteiger partial charge in [-0.2, -0.15) is 0 Å². The lowest BCUT2D eigenvalue weighted by Crippen LogP contribution is -2.55. The van der Waals surface area contributed by atoms with Crippen LogP contribution in [0.3, 0.4) is 0 Å². The number of nitrogens with zero attached hydrogens (tertiary/aromatic N) is 1. The van der Waals surface area contributed by atoms with Gasteiger partial charge in [0.25, 0.3) is 0 Å². The van der Waals surface area contributed by atoms with Crippen molar-refractivity contribution in [1.29, 1.82) is 0 Å². The number of esters is 2. The highest BCUT2D eigenvalue weighted by molar-refractivity contribution is 8.03. The summed E-state index contributed by atoms with van der Waals surface area (Å²) in [5, 5.41) is 3.26. The molecule has 1 fully saturated rings. The quantitative estimate of drug-likeness (QED) is 0.524. The maximum Gasteiger partial charge on any atom is 0.325 e. The van der Waals surface area contributed by atoms with Crippen molar-refractivity contribution in [2.24, 2.45) is 0 Å². The average molecular weight is 473 g/mol. The van der Waals surface area contributed by atoms with Gasteiger partial charge >= 0.3 is 11.9 Å². The Morgan fingerprint density at radius 3 is 2.67 bits per heavy atom. The number of hydrogen-bond acceptors (Lipinski definition) is 7. The summed E-state index contributed by atoms with van der Waals surface area (Å²) < 4.78 is 10.4. The van der Waals surface area contributed by atoms with Crippen molar-refractivity contribution >= 4 is 29.6 Å². The first-order chi connectivity index (χ1) is 16.0. The van der Waals surface area contributed by atoms with E-state index in [1.54, 1.807) is 30.5 Å². The molecule has 1 aromatic rings. The number of carbonyl (C=O) groups excluding carboxylic acids is 3. The van der Waals surface area contributed by atoms with E-state index >= 15 is 0 Å². The van der Waals surface area contributed by atoms with E-state index < -0.39 is 18.1 Å². The number of nitrogens with one attached hydrogen (secondary N) is 1. The molecule has 8 heteroatoms. The number of hydrogen-bond donors (Lipinski definition) is 1. The van der Waals surface area contributed by atoms with Gasteiger partial charge in [-0.1, -0.05) is 48.6 Å². The third kappa shape index (κ3) is 6.95. The summed E-state index contributed by atoms with van der Waals surface area (Å²) in [4.78, 5) is 41.2. The fourth-order valence-corrected chi connectivity index (χ4v) is 5.18. The average Bonchev–Trinajstić information content (AvgIpc) is 2.95. The van der Waals surface area contributed by atoms with Crippen molar-refractivity contribution in [1.82, 2.24) is 10.2 Å². The van der Waals surface area contributed by atoms with Crippen molar-refractivity contribution in [3.05, 3.63) is 59.0 Å². The van der Waals surface area contributed by atoms with Gasteiger partial charge in [0.2, 0.25) is 5.91 Å². The van der Waals surface area contributed by atoms with Crippen LogP contribution in [0.2, 0.25) is 0 Å². The number of aryl methyl sites for hydroxylation is 1. The molecule has 33 heavy (non-hydrogen) atoms. The van der Waals surface area contributed by atoms with Crippen molar-refractivity contribution in [3.63, 3.8) is 0 Å². The molecule has 1 saturated heterocycles. The Balaban J connectivity index is 1.77. The molecule has 0 bridgehead atoms. The first-order valence-corrected chi connectivity index (χ1v) is 12.4. The van der Waals surface area contributed by atoms with E-state index in [1.807, 2.05) is 48.6 Å². The number of carbonyl (C=O) groups is 3. The smallest absolute Gasteiger partial charge is 0.325 e. The second-order valence-corrected chi connectivity index (χ2v) is 8.97. The Kier molecular flexibility index (Phi) is 9.57. The first kappa shape index (κ1) is 25.1. The highest BCUT2D eigenvalue weighted by atomic mass is 32.2. The maximum atomic E-state index is 13.6. The molecule has 0 spiro atoms. The van der Waals surface area contributed by atoms with E-state index in [0.29, 0.717) is 25.0 Å². The summed E-state index contributed by atoms with van der Waals surface area (Å²) in [6, 6.07) is 8.45. The molecule has 7 nitrogen and oxygen atoms in total. The molecule has 2 aliphatic rings. The number of fused-ring (bicyclic) bond motifs is 1. The highest BCUT2D eigenvalue weighted by Gasteiger charge is 2.39. The van der Waals surface area contributed by atoms with Crippen LogP contribution in [0.15, 0.2) is 53.5 Å². The van der Waals surface area contributed by atoms with Crippen LogP contribution in [0.25, 0.3) is 0 Å². The topological polar surface area (TPSA) is 84.9 Å². The molecular formula is C25H32N2O5S. The van der Waals surface area contributed by atoms with Gasteiger partial charge in [-0.3, -0.25) is 19.7 Å². The van der Waals surface area contributed by atoms with Crippen molar-refractivity contribution in [2.45, 2.75) is 51.2 Å². The van der Waals surface area contributed by atoms with Gasteiger partial charge in [0.1, 0.15) is 12.6 Å². The standard InChI is InChI=1S/C25H32N2O5S/c1-3-31-23(28)16-27-21-12-8-9-13-22(21)33-17-20(24(27)29)26-19(25(30)32-4-2)15-14-18-10-6-5-7-11-18/h5-11,13,19-21,26H,3-4,12,14-17H2,1-2H3. The predicted molar refractivity (Wildman–Crippen MR) is 129 cm³/mol. The summed E-state index contributed by atoms with van der Waals surface area (Å²) in [6.07, 6.45) is 7.78. The Morgan fingerprint density at radius 2 is 1.94 bits per heavy atom. The Labute approximate surface area is 199 Å². The zero-order chi connectivity index (χ0) is 23.6. The van der Waals surface area contributed by atoms with Crippen molar-refractivity contribution in [3.8, 4) is 0 Å². The van der Waals surface area contributed by atoms with Crippen LogP contribution < -0.4 is 5.32 Å². The number of ether oxygens (including phenoxy) is 2. The number of rotatable bonds is 10. The molecule has 1 N–H and O–H groups in total. The SMILES string of the molecule is CCOC(=O)CN1C(=O)C(NC(CCc2ccccc2)C(=O)OCC)CSC2=CC=CCC21. The second kappa shape index (κ2) is 12.6.